The third-order valence-electron chi connectivity index (χ3n) is 3.03. The molecule has 0 fully saturated rings. The molecule has 0 aliphatic heterocycles. The second kappa shape index (κ2) is 6.29. The monoisotopic (exact) mass is 292 g/mol. The first-order valence-electron chi connectivity index (χ1n) is 6.32. The summed E-state index contributed by atoms with van der Waals surface area (Å²) in [6, 6.07) is 10.6. The predicted molar refractivity (Wildman–Crippen MR) is 80.1 cm³/mol. The van der Waals surface area contributed by atoms with Crippen molar-refractivity contribution < 1.29 is 14.2 Å². The molecule has 0 spiro atoms. The van der Waals surface area contributed by atoms with Crippen molar-refractivity contribution >= 4 is 11.8 Å². The zero-order valence-corrected chi connectivity index (χ0v) is 12.5. The molecule has 0 aliphatic rings. The third kappa shape index (κ3) is 3.14. The van der Waals surface area contributed by atoms with Crippen molar-refractivity contribution in [2.45, 2.75) is 24.8 Å². The van der Waals surface area contributed by atoms with E-state index < -0.39 is 6.10 Å². The van der Waals surface area contributed by atoms with Crippen molar-refractivity contribution in [3.8, 4) is 11.5 Å². The number of hydrogen-bond donors (Lipinski definition) is 1. The standard InChI is InChI=1S/C16H17FO2S/c1-10-8-15(12(11(2)18)9-13(10)17)19-14-6-4-5-7-16(14)20-3/h4-9,11,18H,1-3H3/t11-/m0/s1. The maximum absolute atomic E-state index is 13.6. The zero-order valence-electron chi connectivity index (χ0n) is 11.7. The van der Waals surface area contributed by atoms with Crippen LogP contribution in [0.4, 0.5) is 4.39 Å². The van der Waals surface area contributed by atoms with E-state index in [9.17, 15) is 9.50 Å². The molecular weight excluding hydrogens is 275 g/mol. The molecular formula is C16H17FO2S. The van der Waals surface area contributed by atoms with Crippen molar-refractivity contribution in [2.75, 3.05) is 6.26 Å². The van der Waals surface area contributed by atoms with Gasteiger partial charge in [-0.1, -0.05) is 12.1 Å². The molecule has 0 aromatic heterocycles. The fourth-order valence-corrected chi connectivity index (χ4v) is 2.43. The molecule has 20 heavy (non-hydrogen) atoms. The number of hydrogen-bond acceptors (Lipinski definition) is 3. The van der Waals surface area contributed by atoms with Gasteiger partial charge in [-0.3, -0.25) is 0 Å². The number of ether oxygens (including phenoxy) is 1. The van der Waals surface area contributed by atoms with Gasteiger partial charge in [0.25, 0.3) is 0 Å². The summed E-state index contributed by atoms with van der Waals surface area (Å²) in [5.74, 6) is 0.847. The van der Waals surface area contributed by atoms with Gasteiger partial charge in [-0.15, -0.1) is 11.8 Å². The average molecular weight is 292 g/mol. The minimum Gasteiger partial charge on any atom is -0.456 e. The fourth-order valence-electron chi connectivity index (χ4n) is 1.91. The van der Waals surface area contributed by atoms with Gasteiger partial charge in [0.15, 0.2) is 0 Å². The number of thioether (sulfide) groups is 1. The van der Waals surface area contributed by atoms with Crippen LogP contribution in [-0.2, 0) is 0 Å². The highest BCUT2D eigenvalue weighted by Crippen LogP contribution is 2.35. The van der Waals surface area contributed by atoms with Crippen molar-refractivity contribution in [1.29, 1.82) is 0 Å². The maximum atomic E-state index is 13.6. The Hall–Kier alpha value is -1.52. The lowest BCUT2D eigenvalue weighted by atomic mass is 10.1. The second-order valence-electron chi connectivity index (χ2n) is 4.57. The normalized spacial score (nSPS) is 12.2. The van der Waals surface area contributed by atoms with E-state index >= 15 is 0 Å². The number of aryl methyl sites for hydroxylation is 1. The minimum absolute atomic E-state index is 0.341. The Labute approximate surface area is 122 Å². The number of halogens is 1. The van der Waals surface area contributed by atoms with Crippen LogP contribution in [0.2, 0.25) is 0 Å². The Morgan fingerprint density at radius 1 is 1.20 bits per heavy atom. The molecule has 2 rings (SSSR count). The Kier molecular flexibility index (Phi) is 4.68. The summed E-state index contributed by atoms with van der Waals surface area (Å²) in [4.78, 5) is 0.992. The molecule has 4 heteroatoms. The first-order chi connectivity index (χ1) is 9.52. The first-order valence-corrected chi connectivity index (χ1v) is 7.54. The molecule has 0 aliphatic carbocycles. The Balaban J connectivity index is 2.45. The van der Waals surface area contributed by atoms with Crippen molar-refractivity contribution in [2.24, 2.45) is 0 Å². The quantitative estimate of drug-likeness (QED) is 0.828. The van der Waals surface area contributed by atoms with Gasteiger partial charge in [-0.25, -0.2) is 4.39 Å². The van der Waals surface area contributed by atoms with Crippen LogP contribution in [0.25, 0.3) is 0 Å². The molecule has 106 valence electrons. The number of aliphatic hydroxyl groups is 1. The second-order valence-corrected chi connectivity index (χ2v) is 5.42. The van der Waals surface area contributed by atoms with Crippen molar-refractivity contribution in [3.05, 3.63) is 53.3 Å². The summed E-state index contributed by atoms with van der Waals surface area (Å²) in [7, 11) is 0. The molecule has 0 bridgehead atoms. The molecule has 1 N–H and O–H groups in total. The van der Waals surface area contributed by atoms with Gasteiger partial charge in [-0.05, 0) is 49.9 Å². The van der Waals surface area contributed by atoms with Crippen LogP contribution in [0, 0.1) is 12.7 Å². The van der Waals surface area contributed by atoms with Crippen LogP contribution < -0.4 is 4.74 Å². The van der Waals surface area contributed by atoms with E-state index in [1.807, 2.05) is 30.5 Å². The lowest BCUT2D eigenvalue weighted by molar-refractivity contribution is 0.195. The Morgan fingerprint density at radius 2 is 1.90 bits per heavy atom. The Morgan fingerprint density at radius 3 is 2.55 bits per heavy atom. The van der Waals surface area contributed by atoms with Crippen LogP contribution in [0.1, 0.15) is 24.2 Å². The lowest BCUT2D eigenvalue weighted by Crippen LogP contribution is -1.99. The van der Waals surface area contributed by atoms with Crippen LogP contribution >= 0.6 is 11.8 Å². The largest absolute Gasteiger partial charge is 0.456 e. The van der Waals surface area contributed by atoms with Gasteiger partial charge in [0, 0.05) is 10.5 Å². The van der Waals surface area contributed by atoms with Crippen molar-refractivity contribution in [3.63, 3.8) is 0 Å². The van der Waals surface area contributed by atoms with E-state index in [1.54, 1.807) is 31.7 Å². The topological polar surface area (TPSA) is 29.5 Å². The smallest absolute Gasteiger partial charge is 0.140 e. The first kappa shape index (κ1) is 14.9. The van der Waals surface area contributed by atoms with Gasteiger partial charge < -0.3 is 9.84 Å². The molecule has 0 radical (unpaired) electrons. The lowest BCUT2D eigenvalue weighted by Gasteiger charge is -2.16. The van der Waals surface area contributed by atoms with E-state index in [-0.39, 0.29) is 5.82 Å². The number of benzene rings is 2. The summed E-state index contributed by atoms with van der Waals surface area (Å²) >= 11 is 1.57. The third-order valence-corrected chi connectivity index (χ3v) is 3.81. The van der Waals surface area contributed by atoms with E-state index in [0.717, 1.165) is 4.90 Å². The van der Waals surface area contributed by atoms with Gasteiger partial charge in [0.05, 0.1) is 6.10 Å². The van der Waals surface area contributed by atoms with Crippen LogP contribution in [0.5, 0.6) is 11.5 Å². The summed E-state index contributed by atoms with van der Waals surface area (Å²) in [5, 5.41) is 9.77. The SMILES string of the molecule is CSc1ccccc1Oc1cc(C)c(F)cc1[C@H](C)O. The molecule has 0 heterocycles. The minimum atomic E-state index is -0.790. The Bertz CT molecular complexity index is 611. The summed E-state index contributed by atoms with van der Waals surface area (Å²) in [6.07, 6.45) is 1.18. The van der Waals surface area contributed by atoms with Gasteiger partial charge >= 0.3 is 0 Å². The highest BCUT2D eigenvalue weighted by molar-refractivity contribution is 7.98. The predicted octanol–water partition coefficient (Wildman–Crippen LogP) is 4.70. The summed E-state index contributed by atoms with van der Waals surface area (Å²) in [5.41, 5.74) is 0.940. The maximum Gasteiger partial charge on any atom is 0.140 e. The highest BCUT2D eigenvalue weighted by atomic mass is 32.2. The number of para-hydroxylation sites is 1. The molecule has 0 saturated heterocycles. The molecule has 0 saturated carbocycles. The van der Waals surface area contributed by atoms with E-state index in [0.29, 0.717) is 22.6 Å². The molecule has 1 atom stereocenters. The van der Waals surface area contributed by atoms with Gasteiger partial charge in [0.1, 0.15) is 17.3 Å². The fraction of sp³-hybridized carbons (Fsp3) is 0.250. The zero-order chi connectivity index (χ0) is 14.7. The number of rotatable bonds is 4. The molecule has 2 nitrogen and oxygen atoms in total. The van der Waals surface area contributed by atoms with Gasteiger partial charge in [-0.2, -0.15) is 0 Å². The highest BCUT2D eigenvalue weighted by Gasteiger charge is 2.14. The summed E-state index contributed by atoms with van der Waals surface area (Å²) in [6.45, 7) is 3.27. The van der Waals surface area contributed by atoms with Crippen molar-refractivity contribution in [1.82, 2.24) is 0 Å². The molecule has 0 amide bonds. The average Bonchev–Trinajstić information content (AvgIpc) is 2.43. The van der Waals surface area contributed by atoms with Crippen LogP contribution in [0.15, 0.2) is 41.3 Å². The molecule has 0 unspecified atom stereocenters. The number of aliphatic hydroxyl groups excluding tert-OH is 1. The van der Waals surface area contributed by atoms with Crippen LogP contribution in [-0.4, -0.2) is 11.4 Å². The van der Waals surface area contributed by atoms with Crippen LogP contribution in [0.3, 0.4) is 0 Å². The van der Waals surface area contributed by atoms with E-state index in [4.69, 9.17) is 4.74 Å². The molecule has 2 aromatic carbocycles. The van der Waals surface area contributed by atoms with Gasteiger partial charge in [0.2, 0.25) is 0 Å². The summed E-state index contributed by atoms with van der Waals surface area (Å²) < 4.78 is 19.5. The van der Waals surface area contributed by atoms with E-state index in [2.05, 4.69) is 0 Å². The van der Waals surface area contributed by atoms with E-state index in [1.165, 1.54) is 6.07 Å². The molecule has 2 aromatic rings.